The summed E-state index contributed by atoms with van der Waals surface area (Å²) in [7, 11) is 1.49. The first-order valence-corrected chi connectivity index (χ1v) is 8.60. The summed E-state index contributed by atoms with van der Waals surface area (Å²) in [4.78, 5) is 12.8. The van der Waals surface area contributed by atoms with Crippen LogP contribution in [0, 0.1) is 11.3 Å². The van der Waals surface area contributed by atoms with Gasteiger partial charge in [0, 0.05) is 5.41 Å². The van der Waals surface area contributed by atoms with Gasteiger partial charge < -0.3 is 4.74 Å². The number of rotatable bonds is 3. The fourth-order valence-corrected chi connectivity index (χ4v) is 4.74. The van der Waals surface area contributed by atoms with E-state index in [1.54, 1.807) is 0 Å². The van der Waals surface area contributed by atoms with Gasteiger partial charge in [0.15, 0.2) is 0 Å². The predicted molar refractivity (Wildman–Crippen MR) is 94.6 cm³/mol. The van der Waals surface area contributed by atoms with Gasteiger partial charge in [-0.3, -0.25) is 4.79 Å². The van der Waals surface area contributed by atoms with Crippen LogP contribution in [0.3, 0.4) is 0 Å². The summed E-state index contributed by atoms with van der Waals surface area (Å²) in [6, 6.07) is 21.0. The summed E-state index contributed by atoms with van der Waals surface area (Å²) in [6.45, 7) is 0. The lowest BCUT2D eigenvalue weighted by Gasteiger charge is -2.48. The Morgan fingerprint density at radius 2 is 1.50 bits per heavy atom. The van der Waals surface area contributed by atoms with Gasteiger partial charge >= 0.3 is 5.97 Å². The minimum atomic E-state index is -0.350. The maximum absolute atomic E-state index is 12.8. The number of benzene rings is 2. The van der Waals surface area contributed by atoms with E-state index in [2.05, 4.69) is 60.7 Å². The molecular weight excluding hydrogens is 296 g/mol. The minimum absolute atomic E-state index is 0.114. The maximum Gasteiger partial charge on any atom is 0.313 e. The Morgan fingerprint density at radius 1 is 0.958 bits per heavy atom. The Hall–Kier alpha value is -2.35. The molecule has 0 aromatic heterocycles. The first kappa shape index (κ1) is 15.2. The molecule has 0 N–H and O–H groups in total. The van der Waals surface area contributed by atoms with E-state index in [0.29, 0.717) is 0 Å². The molecule has 2 heteroatoms. The molecule has 0 amide bonds. The standard InChI is InChI=1S/C22H22O2/c1-24-20(23)19-13-8-14-21(15-16-21)22(19,17-9-4-2-5-10-17)18-11-6-3-7-12-18/h2-13,19H,14-16H2,1H3. The molecule has 1 saturated carbocycles. The largest absolute Gasteiger partial charge is 0.469 e. The number of allylic oxidation sites excluding steroid dienone is 1. The van der Waals surface area contributed by atoms with Gasteiger partial charge in [-0.2, -0.15) is 0 Å². The second kappa shape index (κ2) is 5.62. The molecule has 24 heavy (non-hydrogen) atoms. The second-order valence-electron chi connectivity index (χ2n) is 6.95. The van der Waals surface area contributed by atoms with Crippen molar-refractivity contribution in [3.8, 4) is 0 Å². The van der Waals surface area contributed by atoms with Gasteiger partial charge in [0.25, 0.3) is 0 Å². The average Bonchev–Trinajstić information content (AvgIpc) is 3.42. The van der Waals surface area contributed by atoms with Gasteiger partial charge in [-0.1, -0.05) is 72.8 Å². The molecule has 2 aliphatic carbocycles. The predicted octanol–water partition coefficient (Wildman–Crippen LogP) is 4.50. The average molecular weight is 318 g/mol. The van der Waals surface area contributed by atoms with Gasteiger partial charge in [0.1, 0.15) is 0 Å². The van der Waals surface area contributed by atoms with Gasteiger partial charge in [0.2, 0.25) is 0 Å². The molecule has 1 spiro atoms. The Bertz CT molecular complexity index is 718. The van der Waals surface area contributed by atoms with Crippen molar-refractivity contribution < 1.29 is 9.53 Å². The van der Waals surface area contributed by atoms with Crippen LogP contribution in [0.25, 0.3) is 0 Å². The highest BCUT2D eigenvalue weighted by atomic mass is 16.5. The van der Waals surface area contributed by atoms with Crippen LogP contribution in [-0.4, -0.2) is 13.1 Å². The highest BCUT2D eigenvalue weighted by molar-refractivity contribution is 5.79. The van der Waals surface area contributed by atoms with Crippen molar-refractivity contribution in [2.45, 2.75) is 24.7 Å². The summed E-state index contributed by atoms with van der Waals surface area (Å²) in [5.41, 5.74) is 2.20. The maximum atomic E-state index is 12.8. The van der Waals surface area contributed by atoms with Crippen molar-refractivity contribution in [1.82, 2.24) is 0 Å². The van der Waals surface area contributed by atoms with Gasteiger partial charge in [-0.05, 0) is 35.8 Å². The Kier molecular flexibility index (Phi) is 3.56. The van der Waals surface area contributed by atoms with Gasteiger partial charge in [-0.25, -0.2) is 0 Å². The number of ether oxygens (including phenoxy) is 1. The van der Waals surface area contributed by atoms with Crippen LogP contribution in [0.2, 0.25) is 0 Å². The van der Waals surface area contributed by atoms with E-state index < -0.39 is 0 Å². The van der Waals surface area contributed by atoms with Crippen LogP contribution >= 0.6 is 0 Å². The molecule has 122 valence electrons. The molecule has 0 heterocycles. The molecule has 1 unspecified atom stereocenters. The summed E-state index contributed by atoms with van der Waals surface area (Å²) in [6.07, 6.45) is 7.56. The van der Waals surface area contributed by atoms with Crippen molar-refractivity contribution in [2.75, 3.05) is 7.11 Å². The Morgan fingerprint density at radius 3 is 1.96 bits per heavy atom. The number of methoxy groups -OCH3 is 1. The lowest BCUT2D eigenvalue weighted by molar-refractivity contribution is -0.146. The van der Waals surface area contributed by atoms with Crippen molar-refractivity contribution >= 4 is 5.97 Å². The molecule has 1 fully saturated rings. The van der Waals surface area contributed by atoms with Crippen molar-refractivity contribution in [3.63, 3.8) is 0 Å². The third-order valence-electron chi connectivity index (χ3n) is 5.91. The number of carbonyl (C=O) groups excluding carboxylic acids is 1. The van der Waals surface area contributed by atoms with E-state index in [1.807, 2.05) is 12.1 Å². The topological polar surface area (TPSA) is 26.3 Å². The lowest BCUT2D eigenvalue weighted by atomic mass is 9.54. The first-order chi connectivity index (χ1) is 11.7. The highest BCUT2D eigenvalue weighted by Gasteiger charge is 2.65. The number of esters is 1. The van der Waals surface area contributed by atoms with Crippen LogP contribution in [0.4, 0.5) is 0 Å². The minimum Gasteiger partial charge on any atom is -0.469 e. The van der Waals surface area contributed by atoms with Crippen molar-refractivity contribution in [2.24, 2.45) is 11.3 Å². The van der Waals surface area contributed by atoms with E-state index in [1.165, 1.54) is 18.2 Å². The number of hydrogen-bond acceptors (Lipinski definition) is 2. The summed E-state index contributed by atoms with van der Waals surface area (Å²) in [5, 5.41) is 0. The van der Waals surface area contributed by atoms with Gasteiger partial charge in [-0.15, -0.1) is 0 Å². The summed E-state index contributed by atoms with van der Waals surface area (Å²) < 4.78 is 5.22. The monoisotopic (exact) mass is 318 g/mol. The van der Waals surface area contributed by atoms with E-state index in [4.69, 9.17) is 4.74 Å². The summed E-state index contributed by atoms with van der Waals surface area (Å²) >= 11 is 0. The molecule has 0 aliphatic heterocycles. The molecule has 1 atom stereocenters. The van der Waals surface area contributed by atoms with E-state index in [0.717, 1.165) is 19.3 Å². The Balaban J connectivity index is 2.03. The van der Waals surface area contributed by atoms with Crippen LogP contribution in [0.5, 0.6) is 0 Å². The fraction of sp³-hybridized carbons (Fsp3) is 0.318. The molecule has 2 nitrogen and oxygen atoms in total. The van der Waals surface area contributed by atoms with E-state index in [9.17, 15) is 4.79 Å². The first-order valence-electron chi connectivity index (χ1n) is 8.60. The third kappa shape index (κ3) is 1.99. The zero-order chi connectivity index (χ0) is 16.6. The molecular formula is C22H22O2. The Labute approximate surface area is 143 Å². The van der Waals surface area contributed by atoms with Crippen LogP contribution in [-0.2, 0) is 14.9 Å². The second-order valence-corrected chi connectivity index (χ2v) is 6.95. The smallest absolute Gasteiger partial charge is 0.313 e. The number of carbonyl (C=O) groups is 1. The fourth-order valence-electron chi connectivity index (χ4n) is 4.74. The molecule has 0 saturated heterocycles. The van der Waals surface area contributed by atoms with Crippen LogP contribution in [0.15, 0.2) is 72.8 Å². The van der Waals surface area contributed by atoms with Crippen LogP contribution < -0.4 is 0 Å². The normalized spacial score (nSPS) is 23.0. The zero-order valence-corrected chi connectivity index (χ0v) is 13.9. The molecule has 0 bridgehead atoms. The SMILES string of the molecule is COC(=O)C1C=CCC2(CC2)C1(c1ccccc1)c1ccccc1. The lowest BCUT2D eigenvalue weighted by Crippen LogP contribution is -2.49. The quantitative estimate of drug-likeness (QED) is 0.615. The van der Waals surface area contributed by atoms with Crippen molar-refractivity contribution in [1.29, 1.82) is 0 Å². The number of hydrogen-bond donors (Lipinski definition) is 0. The van der Waals surface area contributed by atoms with E-state index >= 15 is 0 Å². The third-order valence-corrected chi connectivity index (χ3v) is 5.91. The molecule has 0 radical (unpaired) electrons. The highest BCUT2D eigenvalue weighted by Crippen LogP contribution is 2.69. The van der Waals surface area contributed by atoms with E-state index in [-0.39, 0.29) is 22.7 Å². The molecule has 2 aliphatic rings. The van der Waals surface area contributed by atoms with Crippen molar-refractivity contribution in [3.05, 3.63) is 83.9 Å². The zero-order valence-electron chi connectivity index (χ0n) is 13.9. The molecule has 2 aromatic rings. The summed E-state index contributed by atoms with van der Waals surface area (Å²) in [5.74, 6) is -0.437. The molecule has 2 aromatic carbocycles. The van der Waals surface area contributed by atoms with Gasteiger partial charge in [0.05, 0.1) is 13.0 Å². The van der Waals surface area contributed by atoms with Crippen LogP contribution in [0.1, 0.15) is 30.4 Å². The molecule has 4 rings (SSSR count).